The number of rotatable bonds is 11. The Morgan fingerprint density at radius 2 is 1.71 bits per heavy atom. The maximum Gasteiger partial charge on any atom is 0.309 e. The van der Waals surface area contributed by atoms with Crippen LogP contribution in [0.1, 0.15) is 91.4 Å². The fourth-order valence-corrected chi connectivity index (χ4v) is 4.48. The van der Waals surface area contributed by atoms with Gasteiger partial charge in [-0.15, -0.1) is 0 Å². The largest absolute Gasteiger partial charge is 0.481 e. The van der Waals surface area contributed by atoms with Gasteiger partial charge in [-0.2, -0.15) is 0 Å². The second-order valence-corrected chi connectivity index (χ2v) is 8.12. The molecular formula is C20H36O4. The Morgan fingerprint density at radius 1 is 1.08 bits per heavy atom. The maximum atomic E-state index is 12.1. The summed E-state index contributed by atoms with van der Waals surface area (Å²) in [6.07, 6.45) is 10.1. The summed E-state index contributed by atoms with van der Waals surface area (Å²) in [4.78, 5) is 23.5. The molecule has 3 unspecified atom stereocenters. The van der Waals surface area contributed by atoms with Gasteiger partial charge in [-0.3, -0.25) is 9.59 Å². The van der Waals surface area contributed by atoms with Gasteiger partial charge in [0.05, 0.1) is 11.3 Å². The molecule has 0 aromatic heterocycles. The first-order valence-electron chi connectivity index (χ1n) is 9.79. The molecule has 0 spiro atoms. The minimum Gasteiger partial charge on any atom is -0.481 e. The lowest BCUT2D eigenvalue weighted by molar-refractivity contribution is -0.162. The summed E-state index contributed by atoms with van der Waals surface area (Å²) in [5, 5.41) is 19.3. The summed E-state index contributed by atoms with van der Waals surface area (Å²) < 4.78 is 0. The van der Waals surface area contributed by atoms with E-state index in [0.717, 1.165) is 19.3 Å². The molecule has 0 radical (unpaired) electrons. The van der Waals surface area contributed by atoms with Gasteiger partial charge in [0, 0.05) is 0 Å². The van der Waals surface area contributed by atoms with Crippen molar-refractivity contribution >= 4 is 11.9 Å². The zero-order chi connectivity index (χ0) is 18.2. The summed E-state index contributed by atoms with van der Waals surface area (Å²) in [6.45, 7) is 6.33. The van der Waals surface area contributed by atoms with Crippen molar-refractivity contribution < 1.29 is 19.8 Å². The van der Waals surface area contributed by atoms with Gasteiger partial charge in [0.2, 0.25) is 0 Å². The van der Waals surface area contributed by atoms with Crippen LogP contribution < -0.4 is 0 Å². The van der Waals surface area contributed by atoms with E-state index >= 15 is 0 Å². The molecule has 1 aliphatic rings. The normalized spacial score (nSPS) is 27.3. The highest BCUT2D eigenvalue weighted by Gasteiger charge is 2.50. The van der Waals surface area contributed by atoms with Crippen molar-refractivity contribution in [3.63, 3.8) is 0 Å². The van der Waals surface area contributed by atoms with E-state index in [1.54, 1.807) is 0 Å². The summed E-state index contributed by atoms with van der Waals surface area (Å²) >= 11 is 0. The number of carboxylic acids is 2. The van der Waals surface area contributed by atoms with Crippen LogP contribution in [-0.4, -0.2) is 22.2 Å². The van der Waals surface area contributed by atoms with Gasteiger partial charge in [-0.05, 0) is 43.9 Å². The Labute approximate surface area is 147 Å². The molecule has 0 heterocycles. The lowest BCUT2D eigenvalue weighted by Crippen LogP contribution is -2.45. The van der Waals surface area contributed by atoms with Gasteiger partial charge in [0.1, 0.15) is 0 Å². The first-order chi connectivity index (χ1) is 11.3. The molecular weight excluding hydrogens is 304 g/mol. The van der Waals surface area contributed by atoms with Crippen molar-refractivity contribution in [1.82, 2.24) is 0 Å². The molecule has 0 aromatic rings. The molecule has 2 N–H and O–H groups in total. The SMILES string of the molecule is CCCCCCCCC1CC(C(=O)O)CCC1(CC(C)C)C(=O)O. The van der Waals surface area contributed by atoms with Crippen LogP contribution in [0.5, 0.6) is 0 Å². The molecule has 4 nitrogen and oxygen atoms in total. The standard InChI is InChI=1S/C20H36O4/c1-4-5-6-7-8-9-10-17-13-16(18(21)22)11-12-20(17,19(23)24)14-15(2)3/h15-17H,4-14H2,1-3H3,(H,21,22)(H,23,24). The van der Waals surface area contributed by atoms with Crippen molar-refractivity contribution in [3.05, 3.63) is 0 Å². The van der Waals surface area contributed by atoms with E-state index in [-0.39, 0.29) is 11.8 Å². The predicted octanol–water partition coefficient (Wildman–Crippen LogP) is 5.36. The molecule has 1 saturated carbocycles. The third-order valence-electron chi connectivity index (χ3n) is 5.74. The lowest BCUT2D eigenvalue weighted by Gasteiger charge is -2.44. The molecule has 1 aliphatic carbocycles. The summed E-state index contributed by atoms with van der Waals surface area (Å²) in [5.74, 6) is -1.52. The molecule has 0 aliphatic heterocycles. The maximum absolute atomic E-state index is 12.1. The van der Waals surface area contributed by atoms with Crippen molar-refractivity contribution in [2.24, 2.45) is 23.2 Å². The highest BCUT2D eigenvalue weighted by Crippen LogP contribution is 2.50. The van der Waals surface area contributed by atoms with Crippen LogP contribution in [0.25, 0.3) is 0 Å². The minimum atomic E-state index is -0.758. The highest BCUT2D eigenvalue weighted by atomic mass is 16.4. The third-order valence-corrected chi connectivity index (χ3v) is 5.74. The van der Waals surface area contributed by atoms with Crippen LogP contribution in [0.3, 0.4) is 0 Å². The van der Waals surface area contributed by atoms with E-state index in [1.165, 1.54) is 25.7 Å². The van der Waals surface area contributed by atoms with Gasteiger partial charge in [-0.1, -0.05) is 59.3 Å². The molecule has 1 fully saturated rings. The zero-order valence-corrected chi connectivity index (χ0v) is 15.7. The number of hydrogen-bond acceptors (Lipinski definition) is 2. The fraction of sp³-hybridized carbons (Fsp3) is 0.900. The molecule has 4 heteroatoms. The Morgan fingerprint density at radius 3 is 2.25 bits per heavy atom. The van der Waals surface area contributed by atoms with Crippen molar-refractivity contribution in [2.45, 2.75) is 91.4 Å². The summed E-state index contributed by atoms with van der Waals surface area (Å²) in [7, 11) is 0. The number of aliphatic carboxylic acids is 2. The second kappa shape index (κ2) is 10.0. The number of carboxylic acid groups (broad SMARTS) is 2. The quantitative estimate of drug-likeness (QED) is 0.497. The van der Waals surface area contributed by atoms with E-state index < -0.39 is 17.4 Å². The molecule has 140 valence electrons. The molecule has 0 amide bonds. The van der Waals surface area contributed by atoms with Gasteiger partial charge in [0.25, 0.3) is 0 Å². The van der Waals surface area contributed by atoms with Crippen molar-refractivity contribution in [2.75, 3.05) is 0 Å². The summed E-state index contributed by atoms with van der Waals surface area (Å²) in [5.41, 5.74) is -0.719. The average Bonchev–Trinajstić information content (AvgIpc) is 2.51. The molecule has 24 heavy (non-hydrogen) atoms. The van der Waals surface area contributed by atoms with E-state index in [0.29, 0.717) is 31.6 Å². The van der Waals surface area contributed by atoms with Crippen LogP contribution in [0.2, 0.25) is 0 Å². The number of hydrogen-bond donors (Lipinski definition) is 2. The van der Waals surface area contributed by atoms with Gasteiger partial charge >= 0.3 is 11.9 Å². The Bertz CT molecular complexity index is 404. The van der Waals surface area contributed by atoms with Crippen LogP contribution >= 0.6 is 0 Å². The first kappa shape index (κ1) is 21.0. The summed E-state index contributed by atoms with van der Waals surface area (Å²) in [6, 6.07) is 0. The van der Waals surface area contributed by atoms with Gasteiger partial charge < -0.3 is 10.2 Å². The molecule has 3 atom stereocenters. The number of carbonyl (C=O) groups is 2. The van der Waals surface area contributed by atoms with Crippen LogP contribution in [0.15, 0.2) is 0 Å². The van der Waals surface area contributed by atoms with E-state index in [1.807, 2.05) is 0 Å². The lowest BCUT2D eigenvalue weighted by atomic mass is 9.59. The topological polar surface area (TPSA) is 74.6 Å². The first-order valence-corrected chi connectivity index (χ1v) is 9.79. The van der Waals surface area contributed by atoms with Gasteiger partial charge in [0.15, 0.2) is 0 Å². The highest BCUT2D eigenvalue weighted by molar-refractivity contribution is 5.76. The fourth-order valence-electron chi connectivity index (χ4n) is 4.48. The Balaban J connectivity index is 2.74. The van der Waals surface area contributed by atoms with Crippen LogP contribution in [-0.2, 0) is 9.59 Å². The van der Waals surface area contributed by atoms with Crippen molar-refractivity contribution in [1.29, 1.82) is 0 Å². The van der Waals surface area contributed by atoms with Crippen molar-refractivity contribution in [3.8, 4) is 0 Å². The number of unbranched alkanes of at least 4 members (excludes halogenated alkanes) is 5. The zero-order valence-electron chi connectivity index (χ0n) is 15.7. The molecule has 0 aromatic carbocycles. The smallest absolute Gasteiger partial charge is 0.309 e. The minimum absolute atomic E-state index is 0.00146. The van der Waals surface area contributed by atoms with E-state index in [9.17, 15) is 19.8 Å². The average molecular weight is 341 g/mol. The van der Waals surface area contributed by atoms with Crippen LogP contribution in [0.4, 0.5) is 0 Å². The molecule has 0 bridgehead atoms. The third kappa shape index (κ3) is 5.78. The Kier molecular flexibility index (Phi) is 8.79. The van der Waals surface area contributed by atoms with Gasteiger partial charge in [-0.25, -0.2) is 0 Å². The molecule has 0 saturated heterocycles. The van der Waals surface area contributed by atoms with E-state index in [4.69, 9.17) is 0 Å². The predicted molar refractivity (Wildman–Crippen MR) is 96.0 cm³/mol. The monoisotopic (exact) mass is 340 g/mol. The second-order valence-electron chi connectivity index (χ2n) is 8.12. The van der Waals surface area contributed by atoms with Crippen LogP contribution in [0, 0.1) is 23.2 Å². The van der Waals surface area contributed by atoms with E-state index in [2.05, 4.69) is 20.8 Å². The Hall–Kier alpha value is -1.06. The molecule has 1 rings (SSSR count).